The maximum atomic E-state index is 9.17. The zero-order valence-corrected chi connectivity index (χ0v) is 9.94. The largest absolute Gasteiger partial charge is 0.396 e. The van der Waals surface area contributed by atoms with Crippen LogP contribution < -0.4 is 5.32 Å². The lowest BCUT2D eigenvalue weighted by atomic mass is 10.1. The van der Waals surface area contributed by atoms with Crippen molar-refractivity contribution in [3.05, 3.63) is 16.9 Å². The lowest BCUT2D eigenvalue weighted by molar-refractivity contribution is 0.222. The predicted octanol–water partition coefficient (Wildman–Crippen LogP) is 1.81. The number of anilines is 1. The molecule has 1 saturated carbocycles. The summed E-state index contributed by atoms with van der Waals surface area (Å²) in [7, 11) is 0. The van der Waals surface area contributed by atoms with Crippen LogP contribution in [0.5, 0.6) is 0 Å². The minimum absolute atomic E-state index is 0.244. The van der Waals surface area contributed by atoms with Gasteiger partial charge in [0.1, 0.15) is 0 Å². The Morgan fingerprint density at radius 2 is 2.13 bits per heavy atom. The van der Waals surface area contributed by atoms with Gasteiger partial charge in [0.15, 0.2) is 0 Å². The molecule has 0 aromatic carbocycles. The van der Waals surface area contributed by atoms with Crippen LogP contribution in [-0.2, 0) is 0 Å². The second-order valence-electron chi connectivity index (χ2n) is 3.85. The average Bonchev–Trinajstić information content (AvgIpc) is 2.69. The third-order valence-corrected chi connectivity index (χ3v) is 3.24. The average molecular weight is 272 g/mol. The normalized spacial score (nSPS) is 25.5. The van der Waals surface area contributed by atoms with Crippen molar-refractivity contribution in [1.29, 1.82) is 0 Å². The minimum atomic E-state index is 0.244. The topological polar surface area (TPSA) is 58.0 Å². The van der Waals surface area contributed by atoms with Gasteiger partial charge in [0.05, 0.1) is 4.47 Å². The number of aliphatic hydroxyl groups excluding tert-OH is 1. The first-order valence-electron chi connectivity index (χ1n) is 5.14. The van der Waals surface area contributed by atoms with Crippen molar-refractivity contribution in [3.8, 4) is 0 Å². The van der Waals surface area contributed by atoms with Crippen molar-refractivity contribution in [1.82, 2.24) is 9.97 Å². The molecule has 2 N–H and O–H groups in total. The van der Waals surface area contributed by atoms with E-state index < -0.39 is 0 Å². The Bertz CT molecular complexity index is 317. The van der Waals surface area contributed by atoms with Crippen LogP contribution in [0.2, 0.25) is 0 Å². The minimum Gasteiger partial charge on any atom is -0.396 e. The molecule has 4 nitrogen and oxygen atoms in total. The van der Waals surface area contributed by atoms with Gasteiger partial charge in [-0.1, -0.05) is 6.42 Å². The van der Waals surface area contributed by atoms with Gasteiger partial charge in [-0.3, -0.25) is 0 Å². The Kier molecular flexibility index (Phi) is 3.53. The molecule has 1 fully saturated rings. The zero-order chi connectivity index (χ0) is 10.7. The van der Waals surface area contributed by atoms with Crippen molar-refractivity contribution in [2.75, 3.05) is 11.9 Å². The number of rotatable bonds is 3. The molecule has 15 heavy (non-hydrogen) atoms. The molecule has 82 valence electrons. The SMILES string of the molecule is OC[C@@H]1CCC[C@@H]1Nc1ncc(Br)cn1. The van der Waals surface area contributed by atoms with Gasteiger partial charge >= 0.3 is 0 Å². The third kappa shape index (κ3) is 2.66. The van der Waals surface area contributed by atoms with Gasteiger partial charge in [0.2, 0.25) is 5.95 Å². The number of hydrogen-bond acceptors (Lipinski definition) is 4. The van der Waals surface area contributed by atoms with E-state index in [-0.39, 0.29) is 6.61 Å². The van der Waals surface area contributed by atoms with Crippen LogP contribution in [0.15, 0.2) is 16.9 Å². The molecule has 0 saturated heterocycles. The van der Waals surface area contributed by atoms with Crippen molar-refractivity contribution >= 4 is 21.9 Å². The molecule has 0 aliphatic heterocycles. The second kappa shape index (κ2) is 4.90. The standard InChI is InChI=1S/C10H14BrN3O/c11-8-4-12-10(13-5-8)14-9-3-1-2-7(9)6-15/h4-5,7,9,15H,1-3,6H2,(H,12,13,14)/t7-,9-/m0/s1. The molecule has 1 aromatic heterocycles. The molecular formula is C10H14BrN3O. The van der Waals surface area contributed by atoms with E-state index >= 15 is 0 Å². The number of aromatic nitrogens is 2. The highest BCUT2D eigenvalue weighted by Gasteiger charge is 2.26. The molecule has 0 radical (unpaired) electrons. The van der Waals surface area contributed by atoms with Crippen molar-refractivity contribution in [2.24, 2.45) is 5.92 Å². The second-order valence-corrected chi connectivity index (χ2v) is 4.76. The third-order valence-electron chi connectivity index (χ3n) is 2.83. The Morgan fingerprint density at radius 1 is 1.40 bits per heavy atom. The van der Waals surface area contributed by atoms with Crippen molar-refractivity contribution in [2.45, 2.75) is 25.3 Å². The van der Waals surface area contributed by atoms with Gasteiger partial charge in [-0.25, -0.2) is 9.97 Å². The van der Waals surface area contributed by atoms with E-state index in [1.54, 1.807) is 12.4 Å². The predicted molar refractivity (Wildman–Crippen MR) is 61.6 cm³/mol. The van der Waals surface area contributed by atoms with E-state index in [0.717, 1.165) is 17.3 Å². The molecule has 1 heterocycles. The molecule has 0 spiro atoms. The van der Waals surface area contributed by atoms with E-state index in [2.05, 4.69) is 31.2 Å². The number of nitrogens with one attached hydrogen (secondary N) is 1. The highest BCUT2D eigenvalue weighted by Crippen LogP contribution is 2.27. The van der Waals surface area contributed by atoms with Gasteiger partial charge < -0.3 is 10.4 Å². The van der Waals surface area contributed by atoms with E-state index in [4.69, 9.17) is 0 Å². The Labute approximate surface area is 97.3 Å². The van der Waals surface area contributed by atoms with E-state index in [0.29, 0.717) is 17.9 Å². The Hall–Kier alpha value is -0.680. The molecule has 0 unspecified atom stereocenters. The first-order valence-corrected chi connectivity index (χ1v) is 5.94. The quantitative estimate of drug-likeness (QED) is 0.881. The lowest BCUT2D eigenvalue weighted by Crippen LogP contribution is -2.27. The molecule has 2 atom stereocenters. The molecule has 0 bridgehead atoms. The van der Waals surface area contributed by atoms with Crippen LogP contribution in [0, 0.1) is 5.92 Å². The number of aliphatic hydroxyl groups is 1. The van der Waals surface area contributed by atoms with Crippen molar-refractivity contribution in [3.63, 3.8) is 0 Å². The van der Waals surface area contributed by atoms with Gasteiger partial charge in [-0.15, -0.1) is 0 Å². The molecule has 5 heteroatoms. The van der Waals surface area contributed by atoms with Crippen LogP contribution in [0.3, 0.4) is 0 Å². The van der Waals surface area contributed by atoms with E-state index in [1.807, 2.05) is 0 Å². The molecule has 2 rings (SSSR count). The van der Waals surface area contributed by atoms with Crippen LogP contribution >= 0.6 is 15.9 Å². The smallest absolute Gasteiger partial charge is 0.222 e. The fourth-order valence-corrected chi connectivity index (χ4v) is 2.20. The molecule has 1 aliphatic rings. The fourth-order valence-electron chi connectivity index (χ4n) is 2.00. The van der Waals surface area contributed by atoms with Gasteiger partial charge in [0, 0.05) is 31.0 Å². The summed E-state index contributed by atoms with van der Waals surface area (Å²) in [6, 6.07) is 0.316. The van der Waals surface area contributed by atoms with E-state index in [1.165, 1.54) is 6.42 Å². The highest BCUT2D eigenvalue weighted by molar-refractivity contribution is 9.10. The van der Waals surface area contributed by atoms with Crippen molar-refractivity contribution < 1.29 is 5.11 Å². The van der Waals surface area contributed by atoms with Crippen LogP contribution in [-0.4, -0.2) is 27.7 Å². The summed E-state index contributed by atoms with van der Waals surface area (Å²) in [4.78, 5) is 8.32. The summed E-state index contributed by atoms with van der Waals surface area (Å²) in [5.74, 6) is 0.987. The number of hydrogen-bond donors (Lipinski definition) is 2. The zero-order valence-electron chi connectivity index (χ0n) is 8.36. The Morgan fingerprint density at radius 3 is 2.80 bits per heavy atom. The van der Waals surface area contributed by atoms with Crippen LogP contribution in [0.4, 0.5) is 5.95 Å². The number of nitrogens with zero attached hydrogens (tertiary/aromatic N) is 2. The summed E-state index contributed by atoms with van der Waals surface area (Å²) < 4.78 is 0.873. The highest BCUT2D eigenvalue weighted by atomic mass is 79.9. The molecule has 1 aromatic rings. The summed E-state index contributed by atoms with van der Waals surface area (Å²) in [5.41, 5.74) is 0. The first kappa shape index (κ1) is 10.8. The summed E-state index contributed by atoms with van der Waals surface area (Å²) in [5, 5.41) is 12.4. The van der Waals surface area contributed by atoms with Crippen LogP contribution in [0.1, 0.15) is 19.3 Å². The molecular weight excluding hydrogens is 258 g/mol. The van der Waals surface area contributed by atoms with Gasteiger partial charge in [0.25, 0.3) is 0 Å². The maximum Gasteiger partial charge on any atom is 0.222 e. The van der Waals surface area contributed by atoms with Crippen LogP contribution in [0.25, 0.3) is 0 Å². The summed E-state index contributed by atoms with van der Waals surface area (Å²) in [6.45, 7) is 0.244. The molecule has 0 amide bonds. The van der Waals surface area contributed by atoms with Gasteiger partial charge in [-0.05, 0) is 28.8 Å². The fraction of sp³-hybridized carbons (Fsp3) is 0.600. The lowest BCUT2D eigenvalue weighted by Gasteiger charge is -2.18. The maximum absolute atomic E-state index is 9.17. The summed E-state index contributed by atoms with van der Waals surface area (Å²) in [6.07, 6.45) is 6.78. The monoisotopic (exact) mass is 271 g/mol. The Balaban J connectivity index is 1.99. The number of halogens is 1. The van der Waals surface area contributed by atoms with E-state index in [9.17, 15) is 5.11 Å². The first-order chi connectivity index (χ1) is 7.29. The summed E-state index contributed by atoms with van der Waals surface area (Å²) >= 11 is 3.29. The van der Waals surface area contributed by atoms with Gasteiger partial charge in [-0.2, -0.15) is 0 Å². The molecule has 1 aliphatic carbocycles.